The molecule has 1 aliphatic rings. The van der Waals surface area contributed by atoms with E-state index >= 15 is 0 Å². The Morgan fingerprint density at radius 1 is 1.45 bits per heavy atom. The molecular weight excluding hydrogens is 358 g/mol. The van der Waals surface area contributed by atoms with Crippen LogP contribution in [-0.4, -0.2) is 12.6 Å². The van der Waals surface area contributed by atoms with Crippen molar-refractivity contribution >= 4 is 38.9 Å². The third kappa shape index (κ3) is 3.19. The molecule has 0 bridgehead atoms. The molecule has 2 aromatic rings. The van der Waals surface area contributed by atoms with E-state index in [2.05, 4.69) is 40.3 Å². The lowest BCUT2D eigenvalue weighted by Gasteiger charge is -2.16. The van der Waals surface area contributed by atoms with Crippen LogP contribution in [0.5, 0.6) is 5.75 Å². The molecular formula is C15H15BrClNOS. The summed E-state index contributed by atoms with van der Waals surface area (Å²) in [6, 6.07) is 10.5. The van der Waals surface area contributed by atoms with Gasteiger partial charge in [-0.05, 0) is 42.8 Å². The molecule has 1 N–H and O–H groups in total. The van der Waals surface area contributed by atoms with Crippen LogP contribution in [0.3, 0.4) is 0 Å². The van der Waals surface area contributed by atoms with Crippen LogP contribution in [0.1, 0.15) is 23.4 Å². The van der Waals surface area contributed by atoms with Crippen LogP contribution < -0.4 is 10.1 Å². The summed E-state index contributed by atoms with van der Waals surface area (Å²) >= 11 is 11.1. The van der Waals surface area contributed by atoms with E-state index in [4.69, 9.17) is 16.3 Å². The van der Waals surface area contributed by atoms with E-state index in [1.54, 1.807) is 11.3 Å². The third-order valence-corrected chi connectivity index (χ3v) is 5.34. The summed E-state index contributed by atoms with van der Waals surface area (Å²) in [5.41, 5.74) is 1.28. The molecule has 2 nitrogen and oxygen atoms in total. The smallest absolute Gasteiger partial charge is 0.123 e. The molecule has 5 heteroatoms. The first-order chi connectivity index (χ1) is 9.61. The van der Waals surface area contributed by atoms with Crippen molar-refractivity contribution in [2.45, 2.75) is 25.5 Å². The fraction of sp³-hybridized carbons (Fsp3) is 0.333. The van der Waals surface area contributed by atoms with Gasteiger partial charge in [-0.25, -0.2) is 0 Å². The number of benzene rings is 1. The van der Waals surface area contributed by atoms with Crippen LogP contribution in [0.15, 0.2) is 34.8 Å². The zero-order chi connectivity index (χ0) is 14.1. The van der Waals surface area contributed by atoms with E-state index in [1.807, 2.05) is 18.2 Å². The average Bonchev–Trinajstić information content (AvgIpc) is 3.01. The summed E-state index contributed by atoms with van der Waals surface area (Å²) in [5, 5.41) is 3.52. The van der Waals surface area contributed by atoms with Crippen molar-refractivity contribution < 1.29 is 4.74 Å². The molecule has 1 aromatic carbocycles. The molecule has 0 aliphatic carbocycles. The first kappa shape index (κ1) is 14.4. The molecule has 2 atom stereocenters. The summed E-state index contributed by atoms with van der Waals surface area (Å²) in [6.45, 7) is 2.99. The number of rotatable bonds is 4. The number of fused-ring (bicyclic) bond motifs is 1. The Balaban J connectivity index is 1.56. The quantitative estimate of drug-likeness (QED) is 0.831. The molecule has 2 heterocycles. The van der Waals surface area contributed by atoms with Crippen molar-refractivity contribution in [1.29, 1.82) is 0 Å². The maximum absolute atomic E-state index is 5.97. The SMILES string of the molecule is CC(NCC1Cc2cc(Br)ccc2O1)c1ccc(Cl)s1. The summed E-state index contributed by atoms with van der Waals surface area (Å²) in [5.74, 6) is 1.01. The Labute approximate surface area is 136 Å². The Morgan fingerprint density at radius 3 is 3.05 bits per heavy atom. The zero-order valence-corrected chi connectivity index (χ0v) is 14.2. The van der Waals surface area contributed by atoms with E-state index in [9.17, 15) is 0 Å². The van der Waals surface area contributed by atoms with E-state index < -0.39 is 0 Å². The van der Waals surface area contributed by atoms with Crippen molar-refractivity contribution in [3.05, 3.63) is 49.6 Å². The van der Waals surface area contributed by atoms with Gasteiger partial charge in [0.2, 0.25) is 0 Å². The molecule has 106 valence electrons. The molecule has 20 heavy (non-hydrogen) atoms. The number of ether oxygens (including phenoxy) is 1. The van der Waals surface area contributed by atoms with Gasteiger partial charge in [-0.2, -0.15) is 0 Å². The Hall–Kier alpha value is -0.550. The molecule has 0 fully saturated rings. The second-order valence-electron chi connectivity index (χ2n) is 4.97. The van der Waals surface area contributed by atoms with Crippen molar-refractivity contribution in [2.75, 3.05) is 6.54 Å². The lowest BCUT2D eigenvalue weighted by molar-refractivity contribution is 0.223. The van der Waals surface area contributed by atoms with Gasteiger partial charge in [0.25, 0.3) is 0 Å². The monoisotopic (exact) mass is 371 g/mol. The maximum Gasteiger partial charge on any atom is 0.123 e. The molecule has 1 aliphatic heterocycles. The Bertz CT molecular complexity index is 616. The number of thiophene rings is 1. The van der Waals surface area contributed by atoms with E-state index in [1.165, 1.54) is 10.4 Å². The first-order valence-electron chi connectivity index (χ1n) is 6.55. The van der Waals surface area contributed by atoms with E-state index in [0.29, 0.717) is 6.04 Å². The predicted molar refractivity (Wildman–Crippen MR) is 88.0 cm³/mol. The van der Waals surface area contributed by atoms with Gasteiger partial charge in [-0.1, -0.05) is 27.5 Å². The highest BCUT2D eigenvalue weighted by Crippen LogP contribution is 2.31. The molecule has 0 spiro atoms. The molecule has 1 aromatic heterocycles. The van der Waals surface area contributed by atoms with Gasteiger partial charge in [0.05, 0.1) is 4.34 Å². The second kappa shape index (κ2) is 6.06. The van der Waals surface area contributed by atoms with Crippen LogP contribution in [0.4, 0.5) is 0 Å². The summed E-state index contributed by atoms with van der Waals surface area (Å²) in [4.78, 5) is 1.26. The fourth-order valence-electron chi connectivity index (χ4n) is 2.37. The largest absolute Gasteiger partial charge is 0.488 e. The highest BCUT2D eigenvalue weighted by molar-refractivity contribution is 9.10. The van der Waals surface area contributed by atoms with Gasteiger partial charge in [-0.3, -0.25) is 0 Å². The fourth-order valence-corrected chi connectivity index (χ4v) is 3.87. The van der Waals surface area contributed by atoms with Crippen LogP contribution in [0, 0.1) is 0 Å². The minimum atomic E-state index is 0.206. The molecule has 0 saturated carbocycles. The minimum Gasteiger partial charge on any atom is -0.488 e. The van der Waals surface area contributed by atoms with Gasteiger partial charge in [0.1, 0.15) is 11.9 Å². The van der Waals surface area contributed by atoms with E-state index in [-0.39, 0.29) is 6.10 Å². The average molecular weight is 373 g/mol. The maximum atomic E-state index is 5.97. The summed E-state index contributed by atoms with van der Waals surface area (Å²) < 4.78 is 7.89. The highest BCUT2D eigenvalue weighted by atomic mass is 79.9. The van der Waals surface area contributed by atoms with Gasteiger partial charge in [-0.15, -0.1) is 11.3 Å². The minimum absolute atomic E-state index is 0.206. The number of nitrogens with one attached hydrogen (secondary N) is 1. The van der Waals surface area contributed by atoms with Crippen molar-refractivity contribution in [3.8, 4) is 5.75 Å². The van der Waals surface area contributed by atoms with Crippen LogP contribution in [0.25, 0.3) is 0 Å². The van der Waals surface area contributed by atoms with Crippen molar-refractivity contribution in [1.82, 2.24) is 5.32 Å². The second-order valence-corrected chi connectivity index (χ2v) is 7.63. The molecule has 0 amide bonds. The normalized spacial score (nSPS) is 18.6. The van der Waals surface area contributed by atoms with Crippen LogP contribution >= 0.6 is 38.9 Å². The van der Waals surface area contributed by atoms with Gasteiger partial charge >= 0.3 is 0 Å². The van der Waals surface area contributed by atoms with Crippen LogP contribution in [0.2, 0.25) is 4.34 Å². The highest BCUT2D eigenvalue weighted by Gasteiger charge is 2.23. The van der Waals surface area contributed by atoms with Crippen molar-refractivity contribution in [2.24, 2.45) is 0 Å². The summed E-state index contributed by atoms with van der Waals surface area (Å²) in [7, 11) is 0. The topological polar surface area (TPSA) is 21.3 Å². The molecule has 3 rings (SSSR count). The molecule has 0 radical (unpaired) electrons. The summed E-state index contributed by atoms with van der Waals surface area (Å²) in [6.07, 6.45) is 1.16. The number of hydrogen-bond donors (Lipinski definition) is 1. The predicted octanol–water partition coefficient (Wildman–Crippen LogP) is 4.82. The molecule has 0 saturated heterocycles. The Morgan fingerprint density at radius 2 is 2.30 bits per heavy atom. The van der Waals surface area contributed by atoms with E-state index in [0.717, 1.165) is 27.5 Å². The number of hydrogen-bond acceptors (Lipinski definition) is 3. The Kier molecular flexibility index (Phi) is 4.36. The zero-order valence-electron chi connectivity index (χ0n) is 11.0. The lowest BCUT2D eigenvalue weighted by atomic mass is 10.1. The van der Waals surface area contributed by atoms with Crippen molar-refractivity contribution in [3.63, 3.8) is 0 Å². The lowest BCUT2D eigenvalue weighted by Crippen LogP contribution is -2.31. The van der Waals surface area contributed by atoms with Gasteiger partial charge in [0, 0.05) is 28.4 Å². The van der Waals surface area contributed by atoms with Gasteiger partial charge in [0.15, 0.2) is 0 Å². The standard InChI is InChI=1S/C15H15BrClNOS/c1-9(14-4-5-15(17)20-14)18-8-12-7-10-6-11(16)2-3-13(10)19-12/h2-6,9,12,18H,7-8H2,1H3. The number of halogens is 2. The van der Waals surface area contributed by atoms with Gasteiger partial charge < -0.3 is 10.1 Å². The van der Waals surface area contributed by atoms with Crippen LogP contribution in [-0.2, 0) is 6.42 Å². The third-order valence-electron chi connectivity index (χ3n) is 3.44. The molecule has 2 unspecified atom stereocenters. The first-order valence-corrected chi connectivity index (χ1v) is 8.54.